The van der Waals surface area contributed by atoms with Gasteiger partial charge in [0.2, 0.25) is 0 Å². The van der Waals surface area contributed by atoms with Crippen LogP contribution in [0.5, 0.6) is 5.75 Å². The second-order valence-electron chi connectivity index (χ2n) is 5.14. The molecule has 1 amide bonds. The van der Waals surface area contributed by atoms with Crippen LogP contribution in [0.4, 0.5) is 18.9 Å². The molecule has 0 fully saturated rings. The second kappa shape index (κ2) is 7.19. The Balaban J connectivity index is 2.61. The highest BCUT2D eigenvalue weighted by Crippen LogP contribution is 2.18. The van der Waals surface area contributed by atoms with Crippen molar-refractivity contribution in [2.45, 2.75) is 20.0 Å². The first-order valence-corrected chi connectivity index (χ1v) is 6.50. The van der Waals surface area contributed by atoms with E-state index < -0.39 is 25.2 Å². The summed E-state index contributed by atoms with van der Waals surface area (Å²) in [5.41, 5.74) is 6.03. The lowest BCUT2D eigenvalue weighted by Gasteiger charge is -2.25. The molecule has 0 aliphatic rings. The van der Waals surface area contributed by atoms with Gasteiger partial charge in [0.05, 0.1) is 0 Å². The van der Waals surface area contributed by atoms with E-state index in [0.29, 0.717) is 11.4 Å². The minimum absolute atomic E-state index is 0.0312. The molecule has 1 rings (SSSR count). The zero-order valence-corrected chi connectivity index (χ0v) is 12.0. The van der Waals surface area contributed by atoms with E-state index in [4.69, 9.17) is 10.5 Å². The van der Waals surface area contributed by atoms with Gasteiger partial charge in [0.25, 0.3) is 5.91 Å². The van der Waals surface area contributed by atoms with Crippen molar-refractivity contribution < 1.29 is 22.7 Å². The quantitative estimate of drug-likeness (QED) is 0.822. The van der Waals surface area contributed by atoms with Crippen LogP contribution >= 0.6 is 0 Å². The molecule has 1 aromatic rings. The summed E-state index contributed by atoms with van der Waals surface area (Å²) in [5.74, 6) is -0.375. The van der Waals surface area contributed by atoms with Gasteiger partial charge in [0.15, 0.2) is 6.61 Å². The summed E-state index contributed by atoms with van der Waals surface area (Å²) in [6.45, 7) is 1.82. The number of hydrogen-bond acceptors (Lipinski definition) is 3. The van der Waals surface area contributed by atoms with Gasteiger partial charge in [-0.3, -0.25) is 4.79 Å². The summed E-state index contributed by atoms with van der Waals surface area (Å²) in [7, 11) is 0. The number of hydrogen-bond donors (Lipinski definition) is 1. The van der Waals surface area contributed by atoms with Crippen LogP contribution < -0.4 is 10.5 Å². The number of anilines is 1. The first kappa shape index (κ1) is 17.1. The van der Waals surface area contributed by atoms with Crippen LogP contribution in [0.2, 0.25) is 0 Å². The van der Waals surface area contributed by atoms with Gasteiger partial charge in [-0.2, -0.15) is 13.2 Å². The van der Waals surface area contributed by atoms with E-state index in [9.17, 15) is 18.0 Å². The molecule has 0 atom stereocenters. The minimum atomic E-state index is -4.42. The standard InChI is InChI=1S/C14H19F3N2O2/c1-10(2)7-19(9-14(15,16)17)13(20)8-21-12-5-3-11(18)4-6-12/h3-6,10H,7-9,18H2,1-2H3. The maximum Gasteiger partial charge on any atom is 0.406 e. The van der Waals surface area contributed by atoms with Gasteiger partial charge in [-0.25, -0.2) is 0 Å². The zero-order chi connectivity index (χ0) is 16.0. The van der Waals surface area contributed by atoms with Gasteiger partial charge in [-0.05, 0) is 30.2 Å². The fourth-order valence-electron chi connectivity index (χ4n) is 1.71. The Morgan fingerprint density at radius 3 is 2.33 bits per heavy atom. The number of halogens is 3. The molecule has 0 heterocycles. The number of alkyl halides is 3. The maximum atomic E-state index is 12.5. The van der Waals surface area contributed by atoms with E-state index in [0.717, 1.165) is 4.90 Å². The molecule has 0 bridgehead atoms. The van der Waals surface area contributed by atoms with Gasteiger partial charge < -0.3 is 15.4 Å². The molecule has 1 aromatic carbocycles. The Bertz CT molecular complexity index is 458. The molecule has 0 unspecified atom stereocenters. The lowest BCUT2D eigenvalue weighted by Crippen LogP contribution is -2.43. The summed E-state index contributed by atoms with van der Waals surface area (Å²) in [4.78, 5) is 12.6. The fourth-order valence-corrected chi connectivity index (χ4v) is 1.71. The average molecular weight is 304 g/mol. The van der Waals surface area contributed by atoms with Crippen molar-refractivity contribution in [1.29, 1.82) is 0 Å². The molecule has 0 aliphatic heterocycles. The SMILES string of the molecule is CC(C)CN(CC(F)(F)F)C(=O)COc1ccc(N)cc1. The van der Waals surface area contributed by atoms with Gasteiger partial charge in [-0.15, -0.1) is 0 Å². The Kier molecular flexibility index (Phi) is 5.87. The number of carbonyl (C=O) groups excluding carboxylic acids is 1. The summed E-state index contributed by atoms with van der Waals surface area (Å²) >= 11 is 0. The van der Waals surface area contributed by atoms with Crippen molar-refractivity contribution >= 4 is 11.6 Å². The number of ether oxygens (including phenoxy) is 1. The normalized spacial score (nSPS) is 11.5. The van der Waals surface area contributed by atoms with Gasteiger partial charge >= 0.3 is 6.18 Å². The van der Waals surface area contributed by atoms with Crippen LogP contribution in [0.25, 0.3) is 0 Å². The van der Waals surface area contributed by atoms with E-state index in [2.05, 4.69) is 0 Å². The highest BCUT2D eigenvalue weighted by Gasteiger charge is 2.33. The molecule has 0 saturated carbocycles. The molecular formula is C14H19F3N2O2. The number of carbonyl (C=O) groups is 1. The smallest absolute Gasteiger partial charge is 0.406 e. The van der Waals surface area contributed by atoms with Crippen LogP contribution in [-0.2, 0) is 4.79 Å². The number of rotatable bonds is 6. The average Bonchev–Trinajstić information content (AvgIpc) is 2.34. The van der Waals surface area contributed by atoms with E-state index in [-0.39, 0.29) is 12.5 Å². The van der Waals surface area contributed by atoms with Crippen molar-refractivity contribution in [3.8, 4) is 5.75 Å². The van der Waals surface area contributed by atoms with Crippen LogP contribution in [-0.4, -0.2) is 36.7 Å². The summed E-state index contributed by atoms with van der Waals surface area (Å²) in [5, 5.41) is 0. The highest BCUT2D eigenvalue weighted by molar-refractivity contribution is 5.77. The van der Waals surface area contributed by atoms with Gasteiger partial charge in [0, 0.05) is 12.2 Å². The van der Waals surface area contributed by atoms with E-state index in [1.165, 1.54) is 0 Å². The maximum absolute atomic E-state index is 12.5. The Morgan fingerprint density at radius 1 is 1.29 bits per heavy atom. The molecule has 0 spiro atoms. The van der Waals surface area contributed by atoms with Crippen molar-refractivity contribution in [2.24, 2.45) is 5.92 Å². The Labute approximate surface area is 121 Å². The van der Waals surface area contributed by atoms with E-state index in [1.807, 2.05) is 0 Å². The molecule has 0 aromatic heterocycles. The molecule has 118 valence electrons. The van der Waals surface area contributed by atoms with Crippen LogP contribution in [0.3, 0.4) is 0 Å². The first-order chi connectivity index (χ1) is 9.67. The summed E-state index contributed by atoms with van der Waals surface area (Å²) < 4.78 is 42.6. The number of nitrogens with zero attached hydrogens (tertiary/aromatic N) is 1. The van der Waals surface area contributed by atoms with Crippen molar-refractivity contribution in [3.63, 3.8) is 0 Å². The Morgan fingerprint density at radius 2 is 1.86 bits per heavy atom. The monoisotopic (exact) mass is 304 g/mol. The summed E-state index contributed by atoms with van der Waals surface area (Å²) in [6.07, 6.45) is -4.42. The molecule has 7 heteroatoms. The first-order valence-electron chi connectivity index (χ1n) is 6.50. The number of nitrogens with two attached hydrogens (primary N) is 1. The molecule has 0 aliphatic carbocycles. The van der Waals surface area contributed by atoms with Crippen molar-refractivity contribution in [1.82, 2.24) is 4.90 Å². The Hall–Kier alpha value is -1.92. The van der Waals surface area contributed by atoms with E-state index >= 15 is 0 Å². The highest BCUT2D eigenvalue weighted by atomic mass is 19.4. The van der Waals surface area contributed by atoms with Gasteiger partial charge in [-0.1, -0.05) is 13.8 Å². The van der Waals surface area contributed by atoms with Crippen LogP contribution in [0.15, 0.2) is 24.3 Å². The van der Waals surface area contributed by atoms with E-state index in [1.54, 1.807) is 38.1 Å². The molecule has 21 heavy (non-hydrogen) atoms. The third kappa shape index (κ3) is 6.87. The molecule has 4 nitrogen and oxygen atoms in total. The minimum Gasteiger partial charge on any atom is -0.484 e. The van der Waals surface area contributed by atoms with Crippen molar-refractivity contribution in [3.05, 3.63) is 24.3 Å². The zero-order valence-electron chi connectivity index (χ0n) is 12.0. The summed E-state index contributed by atoms with van der Waals surface area (Å²) in [6, 6.07) is 6.28. The second-order valence-corrected chi connectivity index (χ2v) is 5.14. The third-order valence-corrected chi connectivity index (χ3v) is 2.55. The largest absolute Gasteiger partial charge is 0.484 e. The molecule has 2 N–H and O–H groups in total. The topological polar surface area (TPSA) is 55.6 Å². The predicted octanol–water partition coefficient (Wildman–Crippen LogP) is 2.69. The lowest BCUT2D eigenvalue weighted by molar-refractivity contribution is -0.163. The number of nitrogen functional groups attached to an aromatic ring is 1. The lowest BCUT2D eigenvalue weighted by atomic mass is 10.2. The molecule has 0 saturated heterocycles. The number of benzene rings is 1. The molecule has 0 radical (unpaired) electrons. The fraction of sp³-hybridized carbons (Fsp3) is 0.500. The van der Waals surface area contributed by atoms with Crippen LogP contribution in [0.1, 0.15) is 13.8 Å². The third-order valence-electron chi connectivity index (χ3n) is 2.55. The molecular weight excluding hydrogens is 285 g/mol. The van der Waals surface area contributed by atoms with Crippen molar-refractivity contribution in [2.75, 3.05) is 25.4 Å². The predicted molar refractivity (Wildman–Crippen MR) is 73.8 cm³/mol. The number of amides is 1. The van der Waals surface area contributed by atoms with Crippen LogP contribution in [0, 0.1) is 5.92 Å². The van der Waals surface area contributed by atoms with Gasteiger partial charge in [0.1, 0.15) is 12.3 Å².